The number of hydrogen-bond acceptors (Lipinski definition) is 7. The third kappa shape index (κ3) is 5.56. The molecule has 10 nitrogen and oxygen atoms in total. The van der Waals surface area contributed by atoms with Crippen molar-refractivity contribution in [2.45, 2.75) is 6.18 Å². The van der Waals surface area contributed by atoms with Gasteiger partial charge in [0.2, 0.25) is 0 Å². The minimum atomic E-state index is -5.10. The van der Waals surface area contributed by atoms with Gasteiger partial charge in [-0.3, -0.25) is 19.7 Å². The van der Waals surface area contributed by atoms with Crippen LogP contribution in [-0.4, -0.2) is 36.1 Å². The second-order valence-electron chi connectivity index (χ2n) is 6.47. The molecule has 2 aromatic carbocycles. The summed E-state index contributed by atoms with van der Waals surface area (Å²) < 4.78 is 47.9. The first kappa shape index (κ1) is 23.1. The molecule has 13 heteroatoms. The van der Waals surface area contributed by atoms with Crippen LogP contribution in [-0.2, 0) is 9.59 Å². The number of carbonyl (C=O) groups excluding carboxylic acids is 2. The zero-order chi connectivity index (χ0) is 24.2. The number of nitro groups is 1. The molecule has 0 fully saturated rings. The van der Waals surface area contributed by atoms with Crippen molar-refractivity contribution in [1.82, 2.24) is 0 Å². The molecule has 33 heavy (non-hydrogen) atoms. The number of anilines is 2. The molecule has 1 heterocycles. The lowest BCUT2D eigenvalue weighted by Crippen LogP contribution is -2.29. The van der Waals surface area contributed by atoms with Crippen LogP contribution in [0.2, 0.25) is 0 Å². The number of nitrogens with zero attached hydrogens (tertiary/aromatic N) is 2. The van der Waals surface area contributed by atoms with Gasteiger partial charge in [0, 0.05) is 11.8 Å². The lowest BCUT2D eigenvalue weighted by Gasteiger charge is -2.19. The van der Waals surface area contributed by atoms with Crippen LogP contribution in [0, 0.1) is 21.4 Å². The number of benzene rings is 2. The predicted molar refractivity (Wildman–Crippen MR) is 107 cm³/mol. The average molecular weight is 462 g/mol. The number of nitrogens with one attached hydrogen (secondary N) is 2. The van der Waals surface area contributed by atoms with Gasteiger partial charge in [0.05, 0.1) is 11.0 Å². The van der Waals surface area contributed by atoms with E-state index in [0.29, 0.717) is 0 Å². The van der Waals surface area contributed by atoms with Crippen molar-refractivity contribution in [2.75, 3.05) is 23.8 Å². The maximum atomic E-state index is 12.6. The van der Waals surface area contributed by atoms with Crippen LogP contribution in [0.15, 0.2) is 42.0 Å². The van der Waals surface area contributed by atoms with Gasteiger partial charge in [0.25, 0.3) is 11.6 Å². The lowest BCUT2D eigenvalue weighted by atomic mass is 10.1. The number of halogens is 3. The molecule has 0 radical (unpaired) electrons. The highest BCUT2D eigenvalue weighted by molar-refractivity contribution is 6.10. The average Bonchev–Trinajstić information content (AvgIpc) is 2.76. The predicted octanol–water partition coefficient (Wildman–Crippen LogP) is 3.41. The molecule has 0 bridgehead atoms. The Balaban J connectivity index is 1.85. The molecule has 170 valence electrons. The summed E-state index contributed by atoms with van der Waals surface area (Å²) in [6, 6.07) is 8.86. The normalized spacial score (nSPS) is 13.0. The Kier molecular flexibility index (Phi) is 6.48. The van der Waals surface area contributed by atoms with E-state index in [1.165, 1.54) is 24.3 Å². The molecule has 1 aliphatic rings. The van der Waals surface area contributed by atoms with Gasteiger partial charge >= 0.3 is 12.1 Å². The second-order valence-corrected chi connectivity index (χ2v) is 6.47. The second kappa shape index (κ2) is 9.27. The molecule has 0 aromatic heterocycles. The summed E-state index contributed by atoms with van der Waals surface area (Å²) in [5.74, 6) is -2.91. The summed E-state index contributed by atoms with van der Waals surface area (Å²) in [6.45, 7) is 0.391. The number of carbonyl (C=O) groups is 2. The quantitative estimate of drug-likeness (QED) is 0.300. The summed E-state index contributed by atoms with van der Waals surface area (Å²) in [6.07, 6.45) is -4.05. The van der Waals surface area contributed by atoms with Crippen LogP contribution in [0.4, 0.5) is 30.2 Å². The maximum absolute atomic E-state index is 12.6. The number of alkyl halides is 3. The smallest absolute Gasteiger partial charge is 0.471 e. The summed E-state index contributed by atoms with van der Waals surface area (Å²) in [4.78, 5) is 34.3. The first-order valence-corrected chi connectivity index (χ1v) is 9.08. The monoisotopic (exact) mass is 462 g/mol. The van der Waals surface area contributed by atoms with E-state index in [2.05, 4.69) is 5.32 Å². The van der Waals surface area contributed by atoms with Crippen molar-refractivity contribution < 1.29 is 37.2 Å². The molecule has 2 amide bonds. The largest absolute Gasteiger partial charge is 0.486 e. The molecular weight excluding hydrogens is 449 g/mol. The highest BCUT2D eigenvalue weighted by Crippen LogP contribution is 2.39. The van der Waals surface area contributed by atoms with Gasteiger partial charge < -0.3 is 20.1 Å². The Labute approximate surface area is 183 Å². The minimum Gasteiger partial charge on any atom is -0.486 e. The van der Waals surface area contributed by atoms with Crippen molar-refractivity contribution in [3.8, 4) is 17.6 Å². The summed E-state index contributed by atoms with van der Waals surface area (Å²) >= 11 is 0. The van der Waals surface area contributed by atoms with Crippen molar-refractivity contribution in [3.63, 3.8) is 0 Å². The molecule has 0 atom stereocenters. The SMILES string of the molecule is N#C/C(=C\c1cccc(NC(=O)C(F)(F)F)c1)C(=O)Nc1cc2c(cc1[N+](=O)[O-])OCCO2. The fraction of sp³-hybridized carbons (Fsp3) is 0.150. The molecule has 2 aromatic rings. The fourth-order valence-corrected chi connectivity index (χ4v) is 2.74. The van der Waals surface area contributed by atoms with Crippen molar-refractivity contribution in [2.24, 2.45) is 0 Å². The van der Waals surface area contributed by atoms with Crippen LogP contribution in [0.25, 0.3) is 6.08 Å². The molecule has 2 N–H and O–H groups in total. The van der Waals surface area contributed by atoms with Gasteiger partial charge in [-0.25, -0.2) is 0 Å². The standard InChI is InChI=1S/C20H13F3N4O6/c21-20(22,23)19(29)25-13-3-1-2-11(7-13)6-12(10-24)18(28)26-14-8-16-17(33-5-4-32-16)9-15(14)27(30)31/h1-3,6-9H,4-5H2,(H,25,29)(H,26,28)/b12-6+. The van der Waals surface area contributed by atoms with E-state index in [1.807, 2.05) is 0 Å². The molecule has 0 unspecified atom stereocenters. The molecule has 1 aliphatic heterocycles. The highest BCUT2D eigenvalue weighted by atomic mass is 19.4. The van der Waals surface area contributed by atoms with Gasteiger partial charge in [-0.1, -0.05) is 12.1 Å². The molecule has 0 saturated carbocycles. The van der Waals surface area contributed by atoms with E-state index in [0.717, 1.165) is 18.2 Å². The van der Waals surface area contributed by atoms with Gasteiger partial charge in [-0.15, -0.1) is 0 Å². The molecular formula is C20H13F3N4O6. The first-order chi connectivity index (χ1) is 15.6. The zero-order valence-electron chi connectivity index (χ0n) is 16.4. The van der Waals surface area contributed by atoms with Crippen LogP contribution in [0.5, 0.6) is 11.5 Å². The van der Waals surface area contributed by atoms with E-state index in [1.54, 1.807) is 11.4 Å². The maximum Gasteiger partial charge on any atom is 0.471 e. The zero-order valence-corrected chi connectivity index (χ0v) is 16.4. The summed E-state index contributed by atoms with van der Waals surface area (Å²) in [5, 5.41) is 24.6. The number of rotatable bonds is 5. The van der Waals surface area contributed by atoms with Gasteiger partial charge in [-0.2, -0.15) is 18.4 Å². The van der Waals surface area contributed by atoms with Crippen LogP contribution in [0.3, 0.4) is 0 Å². The van der Waals surface area contributed by atoms with Crippen molar-refractivity contribution in [3.05, 3.63) is 57.6 Å². The topological polar surface area (TPSA) is 144 Å². The first-order valence-electron chi connectivity index (χ1n) is 9.08. The molecule has 0 spiro atoms. The third-order valence-corrected chi connectivity index (χ3v) is 4.18. The Morgan fingerprint density at radius 3 is 2.39 bits per heavy atom. The Bertz CT molecular complexity index is 1200. The minimum absolute atomic E-state index is 0.123. The van der Waals surface area contributed by atoms with Crippen molar-refractivity contribution in [1.29, 1.82) is 5.26 Å². The van der Waals surface area contributed by atoms with Gasteiger partial charge in [0.1, 0.15) is 30.5 Å². The third-order valence-electron chi connectivity index (χ3n) is 4.18. The van der Waals surface area contributed by atoms with Crippen LogP contribution in [0.1, 0.15) is 5.56 Å². The fourth-order valence-electron chi connectivity index (χ4n) is 2.74. The lowest BCUT2D eigenvalue weighted by molar-refractivity contribution is -0.384. The van der Waals surface area contributed by atoms with Crippen LogP contribution >= 0.6 is 0 Å². The number of hydrogen-bond donors (Lipinski definition) is 2. The number of nitro benzene ring substituents is 1. The van der Waals surface area contributed by atoms with E-state index in [9.17, 15) is 38.1 Å². The Morgan fingerprint density at radius 1 is 1.12 bits per heavy atom. The molecule has 3 rings (SSSR count). The number of nitriles is 1. The highest BCUT2D eigenvalue weighted by Gasteiger charge is 2.38. The van der Waals surface area contributed by atoms with E-state index < -0.39 is 34.2 Å². The summed E-state index contributed by atoms with van der Waals surface area (Å²) in [5.41, 5.74) is -1.34. The van der Waals surface area contributed by atoms with Crippen LogP contribution < -0.4 is 20.1 Å². The number of ether oxygens (including phenoxy) is 2. The van der Waals surface area contributed by atoms with E-state index in [-0.39, 0.29) is 41.7 Å². The Morgan fingerprint density at radius 2 is 1.79 bits per heavy atom. The van der Waals surface area contributed by atoms with E-state index in [4.69, 9.17) is 9.47 Å². The van der Waals surface area contributed by atoms with Gasteiger partial charge in [0.15, 0.2) is 11.5 Å². The van der Waals surface area contributed by atoms with E-state index >= 15 is 0 Å². The van der Waals surface area contributed by atoms with Gasteiger partial charge in [-0.05, 0) is 23.8 Å². The summed E-state index contributed by atoms with van der Waals surface area (Å²) in [7, 11) is 0. The van der Waals surface area contributed by atoms with Crippen molar-refractivity contribution >= 4 is 35.0 Å². The number of amides is 2. The Hall–Kier alpha value is -4.60. The molecule has 0 saturated heterocycles. The number of fused-ring (bicyclic) bond motifs is 1. The molecule has 0 aliphatic carbocycles.